The molecule has 148 valence electrons. The van der Waals surface area contributed by atoms with Crippen LogP contribution < -0.4 is 16.0 Å². The predicted octanol–water partition coefficient (Wildman–Crippen LogP) is 3.47. The van der Waals surface area contributed by atoms with E-state index in [1.54, 1.807) is 6.20 Å². The molecule has 4 rings (SSSR count). The molecule has 1 aliphatic heterocycles. The highest BCUT2D eigenvalue weighted by Gasteiger charge is 2.14. The molecule has 0 amide bonds. The smallest absolute Gasteiger partial charge is 0.185 e. The lowest BCUT2D eigenvalue weighted by atomic mass is 9.98. The number of anilines is 2. The fourth-order valence-corrected chi connectivity index (χ4v) is 3.61. The summed E-state index contributed by atoms with van der Waals surface area (Å²) in [5, 5.41) is 3.34. The average molecular weight is 386 g/mol. The Labute approximate surface area is 171 Å². The normalized spacial score (nSPS) is 14.0. The number of aromatic nitrogens is 1. The summed E-state index contributed by atoms with van der Waals surface area (Å²) in [7, 11) is 0. The van der Waals surface area contributed by atoms with Crippen molar-refractivity contribution in [1.29, 1.82) is 0 Å². The first-order chi connectivity index (χ1) is 14.1. The maximum Gasteiger partial charge on any atom is 0.185 e. The van der Waals surface area contributed by atoms with Crippen LogP contribution in [0.4, 0.5) is 11.4 Å². The van der Waals surface area contributed by atoms with Crippen LogP contribution in [0.2, 0.25) is 0 Å². The van der Waals surface area contributed by atoms with E-state index in [1.807, 2.05) is 30.3 Å². The number of pyridine rings is 1. The van der Waals surface area contributed by atoms with Gasteiger partial charge in [0.1, 0.15) is 5.69 Å². The Morgan fingerprint density at radius 1 is 1.03 bits per heavy atom. The number of nitrogens with one attached hydrogen (secondary N) is 1. The minimum absolute atomic E-state index is 0.0235. The lowest BCUT2D eigenvalue weighted by Gasteiger charge is -2.29. The third-order valence-electron chi connectivity index (χ3n) is 5.39. The molecule has 29 heavy (non-hydrogen) atoms. The summed E-state index contributed by atoms with van der Waals surface area (Å²) in [4.78, 5) is 19.5. The summed E-state index contributed by atoms with van der Waals surface area (Å²) in [5.41, 5.74) is 12.5. The number of nitrogens with two attached hydrogens (primary N) is 1. The topological polar surface area (TPSA) is 71.2 Å². The first kappa shape index (κ1) is 19.2. The molecule has 0 bridgehead atoms. The lowest BCUT2D eigenvalue weighted by molar-refractivity contribution is 0.0988. The number of benzene rings is 2. The number of carbonyl (C=O) groups is 1. The molecule has 0 radical (unpaired) electrons. The van der Waals surface area contributed by atoms with E-state index in [9.17, 15) is 4.79 Å². The Morgan fingerprint density at radius 2 is 1.76 bits per heavy atom. The van der Waals surface area contributed by atoms with Gasteiger partial charge in [0.05, 0.1) is 11.9 Å². The third kappa shape index (κ3) is 4.46. The van der Waals surface area contributed by atoms with Crippen LogP contribution in [0.3, 0.4) is 0 Å². The first-order valence-electron chi connectivity index (χ1n) is 10.0. The summed E-state index contributed by atoms with van der Waals surface area (Å²) in [6.45, 7) is 5.92. The van der Waals surface area contributed by atoms with Gasteiger partial charge < -0.3 is 16.0 Å². The van der Waals surface area contributed by atoms with Gasteiger partial charge >= 0.3 is 0 Å². The molecule has 0 unspecified atom stereocenters. The standard InChI is InChI=1S/C24H26N4O/c1-17-2-4-18(5-3-17)19-6-8-22(25)20(14-19)15-24(29)23-9-7-21(16-27-23)28-12-10-26-11-13-28/h2-9,14,16,26H,10-13,15,25H2,1H3. The summed E-state index contributed by atoms with van der Waals surface area (Å²) in [5.74, 6) is -0.0235. The van der Waals surface area contributed by atoms with Gasteiger partial charge in [0.25, 0.3) is 0 Å². The Balaban J connectivity index is 1.50. The van der Waals surface area contributed by atoms with Crippen LogP contribution in [0, 0.1) is 6.92 Å². The number of ketones is 1. The molecule has 2 aromatic carbocycles. The molecule has 5 nitrogen and oxygen atoms in total. The Bertz CT molecular complexity index is 990. The van der Waals surface area contributed by atoms with Gasteiger partial charge in [-0.05, 0) is 47.9 Å². The van der Waals surface area contributed by atoms with Crippen LogP contribution in [-0.2, 0) is 6.42 Å². The van der Waals surface area contributed by atoms with Crippen LogP contribution in [0.5, 0.6) is 0 Å². The number of aryl methyl sites for hydroxylation is 1. The van der Waals surface area contributed by atoms with Crippen molar-refractivity contribution >= 4 is 17.2 Å². The van der Waals surface area contributed by atoms with Crippen LogP contribution in [0.25, 0.3) is 11.1 Å². The van der Waals surface area contributed by atoms with E-state index in [-0.39, 0.29) is 12.2 Å². The predicted molar refractivity (Wildman–Crippen MR) is 118 cm³/mol. The van der Waals surface area contributed by atoms with Crippen molar-refractivity contribution in [3.05, 3.63) is 77.6 Å². The fourth-order valence-electron chi connectivity index (χ4n) is 3.61. The average Bonchev–Trinajstić information content (AvgIpc) is 2.76. The molecular formula is C24H26N4O. The number of nitrogen functional groups attached to an aromatic ring is 1. The molecule has 3 N–H and O–H groups in total. The molecule has 5 heteroatoms. The van der Waals surface area contributed by atoms with Crippen molar-refractivity contribution in [3.63, 3.8) is 0 Å². The Hall–Kier alpha value is -3.18. The summed E-state index contributed by atoms with van der Waals surface area (Å²) in [6, 6.07) is 18.0. The monoisotopic (exact) mass is 386 g/mol. The molecule has 0 saturated carbocycles. The number of piperazine rings is 1. The number of carbonyl (C=O) groups excluding carboxylic acids is 1. The molecule has 1 aliphatic rings. The van der Waals surface area contributed by atoms with Crippen molar-refractivity contribution < 1.29 is 4.79 Å². The van der Waals surface area contributed by atoms with E-state index in [0.717, 1.165) is 48.6 Å². The largest absolute Gasteiger partial charge is 0.398 e. The van der Waals surface area contributed by atoms with E-state index in [1.165, 1.54) is 5.56 Å². The van der Waals surface area contributed by atoms with Crippen molar-refractivity contribution in [2.24, 2.45) is 0 Å². The molecule has 1 aromatic heterocycles. The van der Waals surface area contributed by atoms with Gasteiger partial charge in [-0.1, -0.05) is 35.9 Å². The van der Waals surface area contributed by atoms with E-state index < -0.39 is 0 Å². The van der Waals surface area contributed by atoms with Gasteiger partial charge in [-0.25, -0.2) is 0 Å². The molecule has 1 saturated heterocycles. The zero-order chi connectivity index (χ0) is 20.2. The summed E-state index contributed by atoms with van der Waals surface area (Å²) < 4.78 is 0. The van der Waals surface area contributed by atoms with Gasteiger partial charge in [0.15, 0.2) is 5.78 Å². The van der Waals surface area contributed by atoms with Crippen molar-refractivity contribution in [2.75, 3.05) is 36.8 Å². The summed E-state index contributed by atoms with van der Waals surface area (Å²) >= 11 is 0. The second-order valence-electron chi connectivity index (χ2n) is 7.52. The zero-order valence-electron chi connectivity index (χ0n) is 16.7. The molecule has 0 spiro atoms. The van der Waals surface area contributed by atoms with Gasteiger partial charge in [0, 0.05) is 38.3 Å². The van der Waals surface area contributed by atoms with Crippen molar-refractivity contribution in [1.82, 2.24) is 10.3 Å². The highest BCUT2D eigenvalue weighted by molar-refractivity contribution is 5.96. The molecular weight excluding hydrogens is 360 g/mol. The van der Waals surface area contributed by atoms with Gasteiger partial charge in [-0.15, -0.1) is 0 Å². The highest BCUT2D eigenvalue weighted by atomic mass is 16.1. The maximum absolute atomic E-state index is 12.8. The van der Waals surface area contributed by atoms with Gasteiger partial charge in [0.2, 0.25) is 0 Å². The van der Waals surface area contributed by atoms with Crippen LogP contribution in [-0.4, -0.2) is 36.9 Å². The second-order valence-corrected chi connectivity index (χ2v) is 7.52. The maximum atomic E-state index is 12.8. The molecule has 3 aromatic rings. The fraction of sp³-hybridized carbons (Fsp3) is 0.250. The number of hydrogen-bond donors (Lipinski definition) is 2. The molecule has 0 aliphatic carbocycles. The van der Waals surface area contributed by atoms with Crippen molar-refractivity contribution in [2.45, 2.75) is 13.3 Å². The zero-order valence-corrected chi connectivity index (χ0v) is 16.7. The third-order valence-corrected chi connectivity index (χ3v) is 5.39. The van der Waals surface area contributed by atoms with Crippen molar-refractivity contribution in [3.8, 4) is 11.1 Å². The van der Waals surface area contributed by atoms with E-state index in [2.05, 4.69) is 46.4 Å². The van der Waals surface area contributed by atoms with E-state index in [4.69, 9.17) is 5.73 Å². The van der Waals surface area contributed by atoms with Crippen LogP contribution in [0.1, 0.15) is 21.6 Å². The molecule has 0 atom stereocenters. The minimum Gasteiger partial charge on any atom is -0.398 e. The van der Waals surface area contributed by atoms with Gasteiger partial charge in [-0.3, -0.25) is 9.78 Å². The van der Waals surface area contributed by atoms with Gasteiger partial charge in [-0.2, -0.15) is 0 Å². The minimum atomic E-state index is -0.0235. The number of rotatable bonds is 5. The van der Waals surface area contributed by atoms with Crippen LogP contribution in [0.15, 0.2) is 60.8 Å². The Morgan fingerprint density at radius 3 is 2.45 bits per heavy atom. The van der Waals surface area contributed by atoms with E-state index >= 15 is 0 Å². The first-order valence-corrected chi connectivity index (χ1v) is 10.0. The Kier molecular flexibility index (Phi) is 5.58. The summed E-state index contributed by atoms with van der Waals surface area (Å²) in [6.07, 6.45) is 2.04. The SMILES string of the molecule is Cc1ccc(-c2ccc(N)c(CC(=O)c3ccc(N4CCNCC4)cn3)c2)cc1. The van der Waals surface area contributed by atoms with Crippen LogP contribution >= 0.6 is 0 Å². The highest BCUT2D eigenvalue weighted by Crippen LogP contribution is 2.25. The number of hydrogen-bond acceptors (Lipinski definition) is 5. The molecule has 2 heterocycles. The number of Topliss-reactive ketones (excluding diaryl/α,β-unsaturated/α-hetero) is 1. The molecule has 1 fully saturated rings. The second kappa shape index (κ2) is 8.45. The lowest BCUT2D eigenvalue weighted by Crippen LogP contribution is -2.43. The number of nitrogens with zero attached hydrogens (tertiary/aromatic N) is 2. The quantitative estimate of drug-likeness (QED) is 0.519. The van der Waals surface area contributed by atoms with E-state index in [0.29, 0.717) is 11.4 Å².